The van der Waals surface area contributed by atoms with Crippen LogP contribution in [0.4, 0.5) is 5.95 Å². The lowest BCUT2D eigenvalue weighted by atomic mass is 9.85. The van der Waals surface area contributed by atoms with Crippen LogP contribution in [0.15, 0.2) is 23.5 Å². The van der Waals surface area contributed by atoms with Crippen molar-refractivity contribution in [1.29, 1.82) is 0 Å². The number of carbonyl (C=O) groups is 1. The van der Waals surface area contributed by atoms with E-state index in [2.05, 4.69) is 21.8 Å². The van der Waals surface area contributed by atoms with Crippen LogP contribution in [0.3, 0.4) is 0 Å². The smallest absolute Gasteiger partial charge is 0.256 e. The maximum absolute atomic E-state index is 13.1. The molecule has 1 spiro atoms. The van der Waals surface area contributed by atoms with E-state index < -0.39 is 5.54 Å². The molecule has 3 atom stereocenters. The molecule has 2 fully saturated rings. The summed E-state index contributed by atoms with van der Waals surface area (Å²) in [6.45, 7) is 6.60. The lowest BCUT2D eigenvalue weighted by molar-refractivity contribution is -0.132. The molecule has 2 aliphatic heterocycles. The van der Waals surface area contributed by atoms with Crippen LogP contribution in [-0.2, 0) is 4.79 Å². The van der Waals surface area contributed by atoms with Gasteiger partial charge in [-0.15, -0.1) is 0 Å². The average molecular weight is 313 g/mol. The van der Waals surface area contributed by atoms with Gasteiger partial charge in [-0.2, -0.15) is 0 Å². The summed E-state index contributed by atoms with van der Waals surface area (Å²) >= 11 is 0. The zero-order chi connectivity index (χ0) is 16.0. The average Bonchev–Trinajstić information content (AvgIpc) is 3.23. The number of rotatable bonds is 3. The zero-order valence-electron chi connectivity index (χ0n) is 13.8. The van der Waals surface area contributed by atoms with Gasteiger partial charge in [0.25, 0.3) is 5.91 Å². The fraction of sp³-hybridized carbons (Fsp3) is 0.647. The summed E-state index contributed by atoms with van der Waals surface area (Å²) in [4.78, 5) is 30.9. The highest BCUT2D eigenvalue weighted by Gasteiger charge is 2.60. The van der Waals surface area contributed by atoms with Gasteiger partial charge in [0, 0.05) is 44.4 Å². The summed E-state index contributed by atoms with van der Waals surface area (Å²) in [6, 6.07) is 1.83. The molecule has 1 aromatic rings. The van der Waals surface area contributed by atoms with Crippen molar-refractivity contribution >= 4 is 17.7 Å². The van der Waals surface area contributed by atoms with Crippen LogP contribution >= 0.6 is 0 Å². The number of amides is 1. The number of likely N-dealkylation sites (N-methyl/N-ethyl adjacent to an activating group) is 1. The summed E-state index contributed by atoms with van der Waals surface area (Å²) in [5.41, 5.74) is -0.518. The Morgan fingerprint density at radius 2 is 2.04 bits per heavy atom. The van der Waals surface area contributed by atoms with Gasteiger partial charge in [0.15, 0.2) is 0 Å². The summed E-state index contributed by atoms with van der Waals surface area (Å²) in [7, 11) is 0. The van der Waals surface area contributed by atoms with Gasteiger partial charge in [-0.3, -0.25) is 14.7 Å². The van der Waals surface area contributed by atoms with Crippen LogP contribution in [0.2, 0.25) is 0 Å². The van der Waals surface area contributed by atoms with Gasteiger partial charge >= 0.3 is 0 Å². The summed E-state index contributed by atoms with van der Waals surface area (Å²) < 4.78 is 0. The van der Waals surface area contributed by atoms with Crippen molar-refractivity contribution in [2.75, 3.05) is 24.5 Å². The number of hydrogen-bond donors (Lipinski definition) is 0. The van der Waals surface area contributed by atoms with Crippen molar-refractivity contribution in [3.05, 3.63) is 18.5 Å². The zero-order valence-corrected chi connectivity index (χ0v) is 13.8. The predicted molar refractivity (Wildman–Crippen MR) is 88.3 cm³/mol. The molecule has 3 heterocycles. The Hall–Kier alpha value is -1.98. The molecule has 0 radical (unpaired) electrons. The molecule has 0 aromatic carbocycles. The maximum atomic E-state index is 13.1. The molecule has 0 N–H and O–H groups in total. The van der Waals surface area contributed by atoms with Crippen LogP contribution in [0.5, 0.6) is 0 Å². The number of amidine groups is 1. The van der Waals surface area contributed by atoms with Crippen LogP contribution in [-0.4, -0.2) is 51.8 Å². The second kappa shape index (κ2) is 5.28. The fourth-order valence-corrected chi connectivity index (χ4v) is 4.60. The van der Waals surface area contributed by atoms with E-state index in [-0.39, 0.29) is 11.8 Å². The third-order valence-corrected chi connectivity index (χ3v) is 5.67. The van der Waals surface area contributed by atoms with Crippen molar-refractivity contribution < 1.29 is 4.79 Å². The second-order valence-corrected chi connectivity index (χ2v) is 6.71. The lowest BCUT2D eigenvalue weighted by Crippen LogP contribution is -2.46. The topological polar surface area (TPSA) is 61.7 Å². The Bertz CT molecular complexity index is 646. The number of aliphatic imine (C=N–C) groups is 1. The molecular formula is C17H23N5O. The van der Waals surface area contributed by atoms with Gasteiger partial charge in [0.05, 0.1) is 0 Å². The van der Waals surface area contributed by atoms with Crippen molar-refractivity contribution in [3.8, 4) is 0 Å². The minimum Gasteiger partial charge on any atom is -0.340 e. The highest BCUT2D eigenvalue weighted by atomic mass is 16.2. The van der Waals surface area contributed by atoms with Gasteiger partial charge < -0.3 is 4.90 Å². The third kappa shape index (κ3) is 2.00. The van der Waals surface area contributed by atoms with E-state index >= 15 is 0 Å². The van der Waals surface area contributed by atoms with Crippen molar-refractivity contribution in [2.45, 2.75) is 38.6 Å². The van der Waals surface area contributed by atoms with Crippen molar-refractivity contribution in [1.82, 2.24) is 14.9 Å². The van der Waals surface area contributed by atoms with Gasteiger partial charge in [-0.25, -0.2) is 9.97 Å². The van der Waals surface area contributed by atoms with E-state index in [1.54, 1.807) is 12.4 Å². The van der Waals surface area contributed by atoms with E-state index in [1.807, 2.05) is 17.9 Å². The molecule has 1 saturated carbocycles. The number of nitrogens with zero attached hydrogens (tertiary/aromatic N) is 5. The molecule has 3 aliphatic rings. The fourth-order valence-electron chi connectivity index (χ4n) is 4.60. The lowest BCUT2D eigenvalue weighted by Gasteiger charge is -2.27. The molecule has 4 rings (SSSR count). The molecule has 0 bridgehead atoms. The quantitative estimate of drug-likeness (QED) is 0.852. The number of carbonyl (C=O) groups excluding carboxylic acids is 1. The first-order valence-electron chi connectivity index (χ1n) is 8.62. The van der Waals surface area contributed by atoms with E-state index in [9.17, 15) is 4.79 Å². The highest BCUT2D eigenvalue weighted by molar-refractivity contribution is 6.08. The van der Waals surface area contributed by atoms with E-state index in [4.69, 9.17) is 4.99 Å². The number of aromatic nitrogens is 2. The van der Waals surface area contributed by atoms with Crippen LogP contribution in [0, 0.1) is 11.8 Å². The number of hydrogen-bond acceptors (Lipinski definition) is 5. The largest absolute Gasteiger partial charge is 0.340 e. The van der Waals surface area contributed by atoms with Gasteiger partial charge in [0.2, 0.25) is 5.95 Å². The molecule has 6 heteroatoms. The van der Waals surface area contributed by atoms with Crippen LogP contribution < -0.4 is 4.90 Å². The monoisotopic (exact) mass is 313 g/mol. The Balaban J connectivity index is 1.64. The number of fused-ring (bicyclic) bond motifs is 2. The number of anilines is 1. The highest BCUT2D eigenvalue weighted by Crippen LogP contribution is 2.50. The van der Waals surface area contributed by atoms with Crippen molar-refractivity contribution in [2.24, 2.45) is 16.8 Å². The summed E-state index contributed by atoms with van der Waals surface area (Å²) in [5, 5.41) is 0. The van der Waals surface area contributed by atoms with E-state index in [1.165, 1.54) is 0 Å². The van der Waals surface area contributed by atoms with Gasteiger partial charge in [-0.1, -0.05) is 6.92 Å². The molecular weight excluding hydrogens is 290 g/mol. The third-order valence-electron chi connectivity index (χ3n) is 5.67. The Kier molecular flexibility index (Phi) is 3.36. The van der Waals surface area contributed by atoms with Crippen LogP contribution in [0.1, 0.15) is 33.1 Å². The van der Waals surface area contributed by atoms with E-state index in [0.717, 1.165) is 50.7 Å². The predicted octanol–water partition coefficient (Wildman–Crippen LogP) is 1.73. The molecule has 122 valence electrons. The Labute approximate surface area is 136 Å². The molecule has 1 aromatic heterocycles. The molecule has 6 nitrogen and oxygen atoms in total. The molecule has 0 unspecified atom stereocenters. The molecule has 1 amide bonds. The molecule has 23 heavy (non-hydrogen) atoms. The molecule has 1 aliphatic carbocycles. The second-order valence-electron chi connectivity index (χ2n) is 6.71. The summed E-state index contributed by atoms with van der Waals surface area (Å²) in [5.74, 6) is 2.76. The normalized spacial score (nSPS) is 32.8. The van der Waals surface area contributed by atoms with Crippen LogP contribution in [0.25, 0.3) is 0 Å². The van der Waals surface area contributed by atoms with E-state index in [0.29, 0.717) is 5.92 Å². The minimum absolute atomic E-state index is 0.222. The standard InChI is InChI=1S/C17H23N5O/c1-3-14-20-17(15(23)22(14)4-2)7-6-12-10-21(11-13(12)17)16-18-8-5-9-19-16/h5,8-9,12-13H,3-4,6-7,10-11H2,1-2H3/t12-,13+,17-/m1/s1. The van der Waals surface area contributed by atoms with Gasteiger partial charge in [-0.05, 0) is 31.7 Å². The Morgan fingerprint density at radius 1 is 1.26 bits per heavy atom. The molecule has 1 saturated heterocycles. The first-order valence-corrected chi connectivity index (χ1v) is 8.62. The SMILES string of the molecule is CCC1=N[C@@]2(CC[C@@H]3CN(c4ncccn4)C[C@@H]32)C(=O)N1CC. The first kappa shape index (κ1) is 14.6. The minimum atomic E-state index is -0.518. The van der Waals surface area contributed by atoms with Gasteiger partial charge in [0.1, 0.15) is 11.4 Å². The van der Waals surface area contributed by atoms with Crippen molar-refractivity contribution in [3.63, 3.8) is 0 Å². The maximum Gasteiger partial charge on any atom is 0.256 e. The first-order chi connectivity index (χ1) is 11.2. The Morgan fingerprint density at radius 3 is 2.70 bits per heavy atom. The summed E-state index contributed by atoms with van der Waals surface area (Å²) in [6.07, 6.45) is 6.34.